The van der Waals surface area contributed by atoms with Gasteiger partial charge in [-0.05, 0) is 25.0 Å². The number of hydrogen-bond donors (Lipinski definition) is 2. The minimum atomic E-state index is -0.419. The predicted octanol–water partition coefficient (Wildman–Crippen LogP) is -0.137. The van der Waals surface area contributed by atoms with Crippen LogP contribution in [0.25, 0.3) is 0 Å². The molecular formula is C11H16N4O. The summed E-state index contributed by atoms with van der Waals surface area (Å²) in [7, 11) is 0. The molecule has 1 aromatic rings. The standard InChI is InChI=1S/C11H16N4O/c12-9-4-2-6-15(10(9)11(13)16)8-3-1-5-14-7-8/h1,3,5,7,9-10H,2,4,6,12H2,(H2,13,16). The number of pyridine rings is 1. The van der Waals surface area contributed by atoms with Gasteiger partial charge in [-0.15, -0.1) is 0 Å². The van der Waals surface area contributed by atoms with E-state index < -0.39 is 6.04 Å². The summed E-state index contributed by atoms with van der Waals surface area (Å²) in [6.07, 6.45) is 5.24. The lowest BCUT2D eigenvalue weighted by Gasteiger charge is -2.39. The van der Waals surface area contributed by atoms with Crippen molar-refractivity contribution in [3.63, 3.8) is 0 Å². The quantitative estimate of drug-likeness (QED) is 0.726. The molecule has 1 fully saturated rings. The normalized spacial score (nSPS) is 25.4. The Kier molecular flexibility index (Phi) is 3.05. The fraction of sp³-hybridized carbons (Fsp3) is 0.455. The number of hydrogen-bond acceptors (Lipinski definition) is 4. The molecule has 0 radical (unpaired) electrons. The van der Waals surface area contributed by atoms with Crippen LogP contribution >= 0.6 is 0 Å². The number of rotatable bonds is 2. The van der Waals surface area contributed by atoms with Crippen molar-refractivity contribution in [3.8, 4) is 0 Å². The summed E-state index contributed by atoms with van der Waals surface area (Å²) >= 11 is 0. The van der Waals surface area contributed by atoms with Gasteiger partial charge in [0.1, 0.15) is 6.04 Å². The van der Waals surface area contributed by atoms with E-state index in [0.29, 0.717) is 0 Å². The van der Waals surface area contributed by atoms with Gasteiger partial charge in [-0.1, -0.05) is 0 Å². The molecule has 1 aromatic heterocycles. The number of anilines is 1. The van der Waals surface area contributed by atoms with Crippen molar-refractivity contribution < 1.29 is 4.79 Å². The summed E-state index contributed by atoms with van der Waals surface area (Å²) in [5.41, 5.74) is 12.3. The van der Waals surface area contributed by atoms with Gasteiger partial charge in [-0.25, -0.2) is 0 Å². The number of carbonyl (C=O) groups excluding carboxylic acids is 1. The third-order valence-electron chi connectivity index (χ3n) is 2.95. The molecule has 1 aliphatic rings. The molecule has 2 unspecified atom stereocenters. The van der Waals surface area contributed by atoms with Gasteiger partial charge in [0.15, 0.2) is 0 Å². The van der Waals surface area contributed by atoms with E-state index in [1.807, 2.05) is 17.0 Å². The van der Waals surface area contributed by atoms with Crippen molar-refractivity contribution in [2.75, 3.05) is 11.4 Å². The second kappa shape index (κ2) is 4.49. The highest BCUT2D eigenvalue weighted by Gasteiger charge is 2.33. The summed E-state index contributed by atoms with van der Waals surface area (Å²) in [6, 6.07) is 3.15. The van der Waals surface area contributed by atoms with Crippen LogP contribution in [0.4, 0.5) is 5.69 Å². The van der Waals surface area contributed by atoms with Crippen molar-refractivity contribution in [1.82, 2.24) is 4.98 Å². The van der Waals surface area contributed by atoms with Crippen LogP contribution in [0.2, 0.25) is 0 Å². The molecule has 0 spiro atoms. The Morgan fingerprint density at radius 3 is 3.00 bits per heavy atom. The van der Waals surface area contributed by atoms with E-state index >= 15 is 0 Å². The van der Waals surface area contributed by atoms with Crippen LogP contribution in [0.15, 0.2) is 24.5 Å². The Morgan fingerprint density at radius 2 is 2.38 bits per heavy atom. The number of primary amides is 1. The van der Waals surface area contributed by atoms with E-state index in [2.05, 4.69) is 4.98 Å². The average molecular weight is 220 g/mol. The predicted molar refractivity (Wildman–Crippen MR) is 61.8 cm³/mol. The van der Waals surface area contributed by atoms with Crippen LogP contribution in [0, 0.1) is 0 Å². The largest absolute Gasteiger partial charge is 0.368 e. The molecule has 1 aliphatic heterocycles. The van der Waals surface area contributed by atoms with E-state index in [1.165, 1.54) is 0 Å². The minimum Gasteiger partial charge on any atom is -0.368 e. The average Bonchev–Trinajstić information content (AvgIpc) is 2.29. The second-order valence-electron chi connectivity index (χ2n) is 4.06. The van der Waals surface area contributed by atoms with Crippen molar-refractivity contribution in [2.24, 2.45) is 11.5 Å². The van der Waals surface area contributed by atoms with E-state index in [0.717, 1.165) is 25.1 Å². The maximum absolute atomic E-state index is 11.4. The Bertz CT molecular complexity index is 368. The van der Waals surface area contributed by atoms with Crippen molar-refractivity contribution in [3.05, 3.63) is 24.5 Å². The van der Waals surface area contributed by atoms with Gasteiger partial charge in [0.25, 0.3) is 0 Å². The fourth-order valence-electron chi connectivity index (χ4n) is 2.20. The van der Waals surface area contributed by atoms with Gasteiger partial charge in [0, 0.05) is 18.8 Å². The highest BCUT2D eigenvalue weighted by molar-refractivity contribution is 5.84. The zero-order chi connectivity index (χ0) is 11.5. The number of carbonyl (C=O) groups is 1. The lowest BCUT2D eigenvalue weighted by molar-refractivity contribution is -0.120. The van der Waals surface area contributed by atoms with Crippen LogP contribution < -0.4 is 16.4 Å². The lowest BCUT2D eigenvalue weighted by atomic mass is 9.96. The minimum absolute atomic E-state index is 0.188. The zero-order valence-corrected chi connectivity index (χ0v) is 9.04. The first-order valence-electron chi connectivity index (χ1n) is 5.41. The molecule has 16 heavy (non-hydrogen) atoms. The summed E-state index contributed by atoms with van der Waals surface area (Å²) in [4.78, 5) is 17.4. The molecule has 1 saturated heterocycles. The van der Waals surface area contributed by atoms with Crippen LogP contribution in [0.1, 0.15) is 12.8 Å². The Balaban J connectivity index is 2.27. The summed E-state index contributed by atoms with van der Waals surface area (Å²) in [5, 5.41) is 0. The monoisotopic (exact) mass is 220 g/mol. The second-order valence-corrected chi connectivity index (χ2v) is 4.06. The van der Waals surface area contributed by atoms with Gasteiger partial charge < -0.3 is 16.4 Å². The highest BCUT2D eigenvalue weighted by atomic mass is 16.1. The molecule has 4 N–H and O–H groups in total. The number of nitrogens with zero attached hydrogens (tertiary/aromatic N) is 2. The van der Waals surface area contributed by atoms with E-state index in [9.17, 15) is 4.79 Å². The van der Waals surface area contributed by atoms with Gasteiger partial charge in [-0.3, -0.25) is 9.78 Å². The van der Waals surface area contributed by atoms with Crippen LogP contribution in [0.3, 0.4) is 0 Å². The number of aromatic nitrogens is 1. The third kappa shape index (κ3) is 1.99. The van der Waals surface area contributed by atoms with Crippen molar-refractivity contribution in [1.29, 1.82) is 0 Å². The fourth-order valence-corrected chi connectivity index (χ4v) is 2.20. The maximum Gasteiger partial charge on any atom is 0.241 e. The van der Waals surface area contributed by atoms with Gasteiger partial charge in [0.05, 0.1) is 11.9 Å². The number of piperidine rings is 1. The number of amides is 1. The first-order chi connectivity index (χ1) is 7.70. The van der Waals surface area contributed by atoms with Crippen molar-refractivity contribution in [2.45, 2.75) is 24.9 Å². The SMILES string of the molecule is NC(=O)C1C(N)CCCN1c1cccnc1. The van der Waals surface area contributed by atoms with Crippen LogP contribution in [-0.2, 0) is 4.79 Å². The molecule has 0 aromatic carbocycles. The van der Waals surface area contributed by atoms with Crippen LogP contribution in [0.5, 0.6) is 0 Å². The molecule has 86 valence electrons. The highest BCUT2D eigenvalue weighted by Crippen LogP contribution is 2.23. The molecule has 0 aliphatic carbocycles. The molecule has 0 saturated carbocycles. The Hall–Kier alpha value is -1.62. The molecule has 5 nitrogen and oxygen atoms in total. The maximum atomic E-state index is 11.4. The summed E-state index contributed by atoms with van der Waals surface area (Å²) < 4.78 is 0. The smallest absolute Gasteiger partial charge is 0.241 e. The molecule has 0 bridgehead atoms. The van der Waals surface area contributed by atoms with Gasteiger partial charge in [0.2, 0.25) is 5.91 Å². The third-order valence-corrected chi connectivity index (χ3v) is 2.95. The topological polar surface area (TPSA) is 85.2 Å². The van der Waals surface area contributed by atoms with Gasteiger partial charge in [-0.2, -0.15) is 0 Å². The first kappa shape index (κ1) is 10.9. The van der Waals surface area contributed by atoms with Crippen molar-refractivity contribution >= 4 is 11.6 Å². The van der Waals surface area contributed by atoms with E-state index in [1.54, 1.807) is 12.4 Å². The first-order valence-corrected chi connectivity index (χ1v) is 5.41. The molecular weight excluding hydrogens is 204 g/mol. The van der Waals surface area contributed by atoms with E-state index in [-0.39, 0.29) is 11.9 Å². The van der Waals surface area contributed by atoms with Gasteiger partial charge >= 0.3 is 0 Å². The Labute approximate surface area is 94.4 Å². The molecule has 1 amide bonds. The van der Waals surface area contributed by atoms with E-state index in [4.69, 9.17) is 11.5 Å². The number of nitrogens with two attached hydrogens (primary N) is 2. The molecule has 2 rings (SSSR count). The molecule has 5 heteroatoms. The summed E-state index contributed by atoms with van der Waals surface area (Å²) in [6.45, 7) is 0.799. The molecule has 2 atom stereocenters. The Morgan fingerprint density at radius 1 is 1.56 bits per heavy atom. The lowest BCUT2D eigenvalue weighted by Crippen LogP contribution is -2.58. The summed E-state index contributed by atoms with van der Waals surface area (Å²) in [5.74, 6) is -0.365. The molecule has 2 heterocycles. The van der Waals surface area contributed by atoms with Crippen LogP contribution in [-0.4, -0.2) is 29.5 Å². The zero-order valence-electron chi connectivity index (χ0n) is 9.04.